The average Bonchev–Trinajstić information content (AvgIpc) is 2.74. The molecule has 0 radical (unpaired) electrons. The first-order chi connectivity index (χ1) is 8.15. The van der Waals surface area contributed by atoms with Crippen molar-refractivity contribution in [2.45, 2.75) is 19.9 Å². The Balaban J connectivity index is 2.10. The summed E-state index contributed by atoms with van der Waals surface area (Å²) in [4.78, 5) is 14.6. The number of rotatable bonds is 4. The minimum absolute atomic E-state index is 0.0507. The van der Waals surface area contributed by atoms with Crippen molar-refractivity contribution < 1.29 is 19.0 Å². The highest BCUT2D eigenvalue weighted by atomic mass is 16.4. The zero-order chi connectivity index (χ0) is 12.3. The number of carboxylic acid groups (broad SMARTS) is 1. The summed E-state index contributed by atoms with van der Waals surface area (Å²) < 4.78 is 6.80. The summed E-state index contributed by atoms with van der Waals surface area (Å²) in [6.45, 7) is 2.19. The second-order valence-electron chi connectivity index (χ2n) is 3.62. The van der Waals surface area contributed by atoms with Crippen LogP contribution in [0.3, 0.4) is 0 Å². The van der Waals surface area contributed by atoms with Gasteiger partial charge in [0, 0.05) is 6.07 Å². The van der Waals surface area contributed by atoms with Crippen molar-refractivity contribution in [1.29, 1.82) is 0 Å². The smallest absolute Gasteiger partial charge is 0.309 e. The van der Waals surface area contributed by atoms with Crippen LogP contribution in [-0.4, -0.2) is 21.2 Å². The highest BCUT2D eigenvalue weighted by molar-refractivity contribution is 5.66. The molecule has 0 saturated heterocycles. The van der Waals surface area contributed by atoms with Crippen molar-refractivity contribution in [2.24, 2.45) is 0 Å². The molecule has 1 N–H and O–H groups in total. The van der Waals surface area contributed by atoms with Crippen LogP contribution in [0.25, 0.3) is 11.5 Å². The van der Waals surface area contributed by atoms with E-state index < -0.39 is 5.97 Å². The Morgan fingerprint density at radius 3 is 2.94 bits per heavy atom. The Labute approximate surface area is 97.5 Å². The average molecular weight is 234 g/mol. The van der Waals surface area contributed by atoms with Gasteiger partial charge in [-0.05, 0) is 12.0 Å². The zero-order valence-electron chi connectivity index (χ0n) is 9.33. The van der Waals surface area contributed by atoms with Crippen molar-refractivity contribution in [3.05, 3.63) is 30.4 Å². The molecule has 0 aliphatic heterocycles. The fraction of sp³-hybridized carbons (Fsp3) is 0.273. The molecule has 0 aromatic carbocycles. The van der Waals surface area contributed by atoms with Gasteiger partial charge in [-0.2, -0.15) is 0 Å². The molecule has 0 fully saturated rings. The van der Waals surface area contributed by atoms with Gasteiger partial charge in [0.15, 0.2) is 12.7 Å². The predicted octanol–water partition coefficient (Wildman–Crippen LogP) is 0.807. The third-order valence-electron chi connectivity index (χ3n) is 2.19. The summed E-state index contributed by atoms with van der Waals surface area (Å²) in [6.07, 6.45) is 4.93. The molecule has 6 heteroatoms. The standard InChI is InChI=1S/C11H11N3O3/c1-8-7-17-11(13-8)9-2-4-14(12-6-9)5-3-10(15)16/h2,4,6-7H,3,5H2,1H3/p+1. The molecule has 2 aromatic heterocycles. The van der Waals surface area contributed by atoms with E-state index in [1.54, 1.807) is 29.4 Å². The van der Waals surface area contributed by atoms with E-state index in [4.69, 9.17) is 9.52 Å². The number of carboxylic acids is 1. The molecule has 2 rings (SSSR count). The molecule has 0 aliphatic rings. The number of aromatic nitrogens is 3. The lowest BCUT2D eigenvalue weighted by molar-refractivity contribution is -0.752. The lowest BCUT2D eigenvalue weighted by atomic mass is 10.3. The number of hydrogen-bond acceptors (Lipinski definition) is 4. The molecule has 2 heterocycles. The Morgan fingerprint density at radius 2 is 2.41 bits per heavy atom. The molecule has 0 spiro atoms. The van der Waals surface area contributed by atoms with Gasteiger partial charge in [0.2, 0.25) is 5.89 Å². The van der Waals surface area contributed by atoms with Crippen LogP contribution in [0.4, 0.5) is 0 Å². The van der Waals surface area contributed by atoms with Gasteiger partial charge in [-0.15, -0.1) is 0 Å². The predicted molar refractivity (Wildman–Crippen MR) is 56.9 cm³/mol. The van der Waals surface area contributed by atoms with Gasteiger partial charge < -0.3 is 9.52 Å². The number of nitrogens with zero attached hydrogens (tertiary/aromatic N) is 3. The number of aliphatic carboxylic acids is 1. The Hall–Kier alpha value is -2.24. The minimum Gasteiger partial charge on any atom is -0.481 e. The summed E-state index contributed by atoms with van der Waals surface area (Å²) in [5, 5.41) is 12.6. The topological polar surface area (TPSA) is 80.1 Å². The quantitative estimate of drug-likeness (QED) is 0.792. The molecule has 0 unspecified atom stereocenters. The molecular weight excluding hydrogens is 222 g/mol. The summed E-state index contributed by atoms with van der Waals surface area (Å²) in [5.74, 6) is -0.327. The Kier molecular flexibility index (Phi) is 3.13. The SMILES string of the molecule is Cc1coc(-c2cc[n+](CCC(=O)O)nc2)n1. The van der Waals surface area contributed by atoms with E-state index in [1.807, 2.05) is 6.92 Å². The fourth-order valence-electron chi connectivity index (χ4n) is 1.34. The first-order valence-electron chi connectivity index (χ1n) is 5.15. The van der Waals surface area contributed by atoms with Crippen LogP contribution in [0, 0.1) is 6.92 Å². The van der Waals surface area contributed by atoms with Crippen LogP contribution >= 0.6 is 0 Å². The van der Waals surface area contributed by atoms with Gasteiger partial charge in [0.25, 0.3) is 0 Å². The fourth-order valence-corrected chi connectivity index (χ4v) is 1.34. The van der Waals surface area contributed by atoms with Gasteiger partial charge in [-0.25, -0.2) is 4.98 Å². The van der Waals surface area contributed by atoms with Crippen LogP contribution in [0.2, 0.25) is 0 Å². The normalized spacial score (nSPS) is 10.4. The maximum Gasteiger partial charge on any atom is 0.309 e. The van der Waals surface area contributed by atoms with Crippen molar-refractivity contribution in [2.75, 3.05) is 0 Å². The largest absolute Gasteiger partial charge is 0.481 e. The van der Waals surface area contributed by atoms with Gasteiger partial charge in [-0.3, -0.25) is 4.79 Å². The molecular formula is C11H12N3O3+. The summed E-state index contributed by atoms with van der Waals surface area (Å²) in [6, 6.07) is 1.79. The number of aryl methyl sites for hydroxylation is 2. The molecule has 88 valence electrons. The summed E-state index contributed by atoms with van der Waals surface area (Å²) >= 11 is 0. The van der Waals surface area contributed by atoms with Gasteiger partial charge in [-0.1, -0.05) is 4.68 Å². The zero-order valence-corrected chi connectivity index (χ0v) is 9.33. The van der Waals surface area contributed by atoms with E-state index in [9.17, 15) is 4.79 Å². The molecule has 6 nitrogen and oxygen atoms in total. The van der Waals surface area contributed by atoms with Gasteiger partial charge >= 0.3 is 5.97 Å². The molecule has 0 saturated carbocycles. The second kappa shape index (κ2) is 4.73. The van der Waals surface area contributed by atoms with Crippen molar-refractivity contribution in [3.63, 3.8) is 0 Å². The number of carbonyl (C=O) groups is 1. The molecule has 0 amide bonds. The third kappa shape index (κ3) is 2.87. The molecule has 0 atom stereocenters. The van der Waals surface area contributed by atoms with Crippen LogP contribution in [0.15, 0.2) is 29.1 Å². The molecule has 2 aromatic rings. The third-order valence-corrected chi connectivity index (χ3v) is 2.19. The van der Waals surface area contributed by atoms with E-state index >= 15 is 0 Å². The monoisotopic (exact) mass is 234 g/mol. The lowest BCUT2D eigenvalue weighted by Crippen LogP contribution is -2.38. The molecule has 0 bridgehead atoms. The van der Waals surface area contributed by atoms with Crippen LogP contribution in [0.1, 0.15) is 12.1 Å². The summed E-state index contributed by atoms with van der Waals surface area (Å²) in [5.41, 5.74) is 1.58. The second-order valence-corrected chi connectivity index (χ2v) is 3.62. The van der Waals surface area contributed by atoms with E-state index in [-0.39, 0.29) is 6.42 Å². The van der Waals surface area contributed by atoms with E-state index in [2.05, 4.69) is 10.1 Å². The minimum atomic E-state index is -0.841. The highest BCUT2D eigenvalue weighted by Crippen LogP contribution is 2.15. The van der Waals surface area contributed by atoms with Crippen LogP contribution in [0.5, 0.6) is 0 Å². The first-order valence-corrected chi connectivity index (χ1v) is 5.15. The molecule has 0 aliphatic carbocycles. The van der Waals surface area contributed by atoms with Gasteiger partial charge in [0.1, 0.15) is 18.9 Å². The maximum atomic E-state index is 10.4. The first kappa shape index (κ1) is 11.3. The number of oxazole rings is 1. The van der Waals surface area contributed by atoms with Crippen LogP contribution in [-0.2, 0) is 11.3 Å². The van der Waals surface area contributed by atoms with Crippen LogP contribution < -0.4 is 4.68 Å². The van der Waals surface area contributed by atoms with E-state index in [0.717, 1.165) is 11.3 Å². The van der Waals surface area contributed by atoms with E-state index in [0.29, 0.717) is 12.4 Å². The van der Waals surface area contributed by atoms with Crippen molar-refractivity contribution in [3.8, 4) is 11.5 Å². The Bertz CT molecular complexity index is 519. The molecule has 17 heavy (non-hydrogen) atoms. The lowest BCUT2D eigenvalue weighted by Gasteiger charge is -1.93. The van der Waals surface area contributed by atoms with Crippen molar-refractivity contribution in [1.82, 2.24) is 10.1 Å². The highest BCUT2D eigenvalue weighted by Gasteiger charge is 2.10. The number of hydrogen-bond donors (Lipinski definition) is 1. The summed E-state index contributed by atoms with van der Waals surface area (Å²) in [7, 11) is 0. The van der Waals surface area contributed by atoms with Crippen molar-refractivity contribution >= 4 is 5.97 Å². The Morgan fingerprint density at radius 1 is 1.59 bits per heavy atom. The van der Waals surface area contributed by atoms with Gasteiger partial charge in [0.05, 0.1) is 11.3 Å². The van der Waals surface area contributed by atoms with E-state index in [1.165, 1.54) is 0 Å². The maximum absolute atomic E-state index is 10.4.